The van der Waals surface area contributed by atoms with E-state index in [-0.39, 0.29) is 6.61 Å². The van der Waals surface area contributed by atoms with Crippen molar-refractivity contribution in [3.8, 4) is 0 Å². The molecule has 0 amide bonds. The van der Waals surface area contributed by atoms with E-state index in [9.17, 15) is 0 Å². The van der Waals surface area contributed by atoms with Gasteiger partial charge in [-0.15, -0.1) is 0 Å². The van der Waals surface area contributed by atoms with E-state index in [0.29, 0.717) is 19.8 Å². The van der Waals surface area contributed by atoms with Crippen molar-refractivity contribution in [3.05, 3.63) is 0 Å². The van der Waals surface area contributed by atoms with Gasteiger partial charge >= 0.3 is 8.97 Å². The molecule has 0 spiro atoms. The van der Waals surface area contributed by atoms with E-state index in [1.54, 1.807) is 0 Å². The maximum Gasteiger partial charge on any atom is 0.596 e. The molecule has 0 atom stereocenters. The zero-order valence-electron chi connectivity index (χ0n) is 11.3. The fourth-order valence-electron chi connectivity index (χ4n) is 1.36. The number of aliphatic hydroxyl groups excluding tert-OH is 1. The maximum absolute atomic E-state index is 8.72. The van der Waals surface area contributed by atoms with Gasteiger partial charge in [0.2, 0.25) is 0 Å². The van der Waals surface area contributed by atoms with Crippen molar-refractivity contribution in [2.75, 3.05) is 33.0 Å². The quantitative estimate of drug-likeness (QED) is 0.411. The molecular formula is C11H27NO4Si. The van der Waals surface area contributed by atoms with E-state index in [1.165, 1.54) is 0 Å². The lowest BCUT2D eigenvalue weighted by molar-refractivity contribution is 0.0537. The molecule has 0 saturated carbocycles. The van der Waals surface area contributed by atoms with Gasteiger partial charge in [-0.3, -0.25) is 4.98 Å². The van der Waals surface area contributed by atoms with Gasteiger partial charge in [-0.2, -0.15) is 0 Å². The van der Waals surface area contributed by atoms with Crippen LogP contribution in [-0.2, 0) is 13.3 Å². The Morgan fingerprint density at radius 2 is 1.65 bits per heavy atom. The zero-order chi connectivity index (χ0) is 13.0. The fourth-order valence-corrected chi connectivity index (χ4v) is 3.64. The fraction of sp³-hybridized carbons (Fsp3) is 1.00. The molecule has 0 heterocycles. The maximum atomic E-state index is 8.72. The summed E-state index contributed by atoms with van der Waals surface area (Å²) in [7, 11) is -2.70. The highest BCUT2D eigenvalue weighted by Gasteiger charge is 2.41. The first-order valence-electron chi connectivity index (χ1n) is 6.52. The molecule has 6 heteroatoms. The minimum atomic E-state index is -2.70. The molecule has 17 heavy (non-hydrogen) atoms. The minimum absolute atomic E-state index is 0.198. The number of rotatable bonds is 12. The van der Waals surface area contributed by atoms with Crippen molar-refractivity contribution < 1.29 is 18.4 Å². The van der Waals surface area contributed by atoms with Crippen molar-refractivity contribution in [1.29, 1.82) is 0 Å². The predicted octanol–water partition coefficient (Wildman–Crippen LogP) is 1.28. The van der Waals surface area contributed by atoms with Gasteiger partial charge in [0.05, 0.1) is 0 Å². The van der Waals surface area contributed by atoms with Crippen LogP contribution in [0.4, 0.5) is 0 Å². The SMILES string of the molecule is CCCN[Si](OCC)(OCC)OCCCCO. The van der Waals surface area contributed by atoms with Crippen LogP contribution in [0.3, 0.4) is 0 Å². The minimum Gasteiger partial charge on any atom is -0.396 e. The van der Waals surface area contributed by atoms with E-state index in [0.717, 1.165) is 25.8 Å². The van der Waals surface area contributed by atoms with Crippen LogP contribution in [0, 0.1) is 0 Å². The van der Waals surface area contributed by atoms with Gasteiger partial charge in [-0.1, -0.05) is 6.92 Å². The third-order valence-corrected chi connectivity index (χ3v) is 4.71. The van der Waals surface area contributed by atoms with E-state index in [4.69, 9.17) is 18.4 Å². The van der Waals surface area contributed by atoms with Crippen molar-refractivity contribution in [1.82, 2.24) is 4.98 Å². The molecule has 0 aliphatic heterocycles. The van der Waals surface area contributed by atoms with E-state index < -0.39 is 8.97 Å². The topological polar surface area (TPSA) is 60.0 Å². The van der Waals surface area contributed by atoms with E-state index in [2.05, 4.69) is 11.9 Å². The summed E-state index contributed by atoms with van der Waals surface area (Å²) >= 11 is 0. The Morgan fingerprint density at radius 3 is 2.12 bits per heavy atom. The second-order valence-corrected chi connectivity index (χ2v) is 5.96. The molecule has 0 saturated heterocycles. The third-order valence-electron chi connectivity index (χ3n) is 2.10. The highest BCUT2D eigenvalue weighted by Crippen LogP contribution is 2.07. The lowest BCUT2D eigenvalue weighted by Crippen LogP contribution is -2.59. The van der Waals surface area contributed by atoms with Crippen LogP contribution in [0.25, 0.3) is 0 Å². The summed E-state index contributed by atoms with van der Waals surface area (Å²) < 4.78 is 17.1. The lowest BCUT2D eigenvalue weighted by Gasteiger charge is -2.28. The van der Waals surface area contributed by atoms with E-state index in [1.807, 2.05) is 13.8 Å². The normalized spacial score (nSPS) is 12.0. The molecule has 0 fully saturated rings. The van der Waals surface area contributed by atoms with Crippen molar-refractivity contribution >= 4 is 8.97 Å². The van der Waals surface area contributed by atoms with Gasteiger partial charge < -0.3 is 18.4 Å². The Bertz CT molecular complexity index is 166. The smallest absolute Gasteiger partial charge is 0.396 e. The van der Waals surface area contributed by atoms with Gasteiger partial charge in [-0.25, -0.2) is 0 Å². The Labute approximate surface area is 106 Å². The second-order valence-electron chi connectivity index (χ2n) is 3.63. The molecule has 104 valence electrons. The number of aliphatic hydroxyl groups is 1. The molecule has 0 aliphatic rings. The Hall–Kier alpha value is 0.0169. The summed E-state index contributed by atoms with van der Waals surface area (Å²) in [5.74, 6) is 0. The molecule has 5 nitrogen and oxygen atoms in total. The van der Waals surface area contributed by atoms with Crippen LogP contribution in [0.15, 0.2) is 0 Å². The standard InChI is InChI=1S/C11H27NO4Si/c1-4-9-12-17(14-5-2,15-6-3)16-11-8-7-10-13/h12-13H,4-11H2,1-3H3. The van der Waals surface area contributed by atoms with Crippen molar-refractivity contribution in [2.24, 2.45) is 0 Å². The first kappa shape index (κ1) is 17.0. The van der Waals surface area contributed by atoms with E-state index >= 15 is 0 Å². The molecule has 0 aromatic heterocycles. The van der Waals surface area contributed by atoms with Crippen LogP contribution in [0.2, 0.25) is 0 Å². The summed E-state index contributed by atoms with van der Waals surface area (Å²) in [5.41, 5.74) is 0. The third kappa shape index (κ3) is 7.85. The molecule has 0 aromatic carbocycles. The number of unbranched alkanes of at least 4 members (excludes halogenated alkanes) is 1. The predicted molar refractivity (Wildman–Crippen MR) is 69.6 cm³/mol. The summed E-state index contributed by atoms with van der Waals surface area (Å²) in [6.07, 6.45) is 2.57. The molecule has 0 aliphatic carbocycles. The van der Waals surface area contributed by atoms with Crippen LogP contribution >= 0.6 is 0 Å². The first-order valence-corrected chi connectivity index (χ1v) is 8.24. The van der Waals surface area contributed by atoms with Crippen LogP contribution in [-0.4, -0.2) is 47.0 Å². The first-order chi connectivity index (χ1) is 8.24. The van der Waals surface area contributed by atoms with Crippen molar-refractivity contribution in [2.45, 2.75) is 40.0 Å². The number of hydrogen-bond acceptors (Lipinski definition) is 5. The average molecular weight is 265 g/mol. The summed E-state index contributed by atoms with van der Waals surface area (Å²) in [6.45, 7) is 8.69. The molecule has 2 N–H and O–H groups in total. The Kier molecular flexibility index (Phi) is 11.1. The van der Waals surface area contributed by atoms with Gasteiger partial charge in [0.25, 0.3) is 0 Å². The second kappa shape index (κ2) is 11.1. The monoisotopic (exact) mass is 265 g/mol. The zero-order valence-corrected chi connectivity index (χ0v) is 12.3. The van der Waals surface area contributed by atoms with Crippen molar-refractivity contribution in [3.63, 3.8) is 0 Å². The largest absolute Gasteiger partial charge is 0.596 e. The number of nitrogens with one attached hydrogen (secondary N) is 1. The molecule has 0 unspecified atom stereocenters. The summed E-state index contributed by atoms with van der Waals surface area (Å²) in [6, 6.07) is 0. The van der Waals surface area contributed by atoms with Crippen LogP contribution in [0.1, 0.15) is 40.0 Å². The van der Waals surface area contributed by atoms with Crippen LogP contribution in [0.5, 0.6) is 0 Å². The van der Waals surface area contributed by atoms with Crippen LogP contribution < -0.4 is 4.98 Å². The Morgan fingerprint density at radius 1 is 1.00 bits per heavy atom. The van der Waals surface area contributed by atoms with Gasteiger partial charge in [0.1, 0.15) is 0 Å². The summed E-state index contributed by atoms with van der Waals surface area (Å²) in [5, 5.41) is 8.72. The number of hydrogen-bond donors (Lipinski definition) is 2. The molecule has 0 rings (SSSR count). The summed E-state index contributed by atoms with van der Waals surface area (Å²) in [4.78, 5) is 3.27. The highest BCUT2D eigenvalue weighted by atomic mass is 28.4. The van der Waals surface area contributed by atoms with Gasteiger partial charge in [-0.05, 0) is 39.7 Å². The molecular weight excluding hydrogens is 238 g/mol. The molecule has 0 radical (unpaired) electrons. The molecule has 0 aromatic rings. The highest BCUT2D eigenvalue weighted by molar-refractivity contribution is 6.57. The molecule has 0 bridgehead atoms. The van der Waals surface area contributed by atoms with Gasteiger partial charge in [0.15, 0.2) is 0 Å². The van der Waals surface area contributed by atoms with Gasteiger partial charge in [0, 0.05) is 26.4 Å². The lowest BCUT2D eigenvalue weighted by atomic mass is 10.3. The average Bonchev–Trinajstić information content (AvgIpc) is 2.33. The Balaban J connectivity index is 4.20.